The SMILES string of the molecule is O=C(Cn1cnnn1)N[C@H]1CCCCC[C@H]1C(=O)O. The summed E-state index contributed by atoms with van der Waals surface area (Å²) in [5, 5.41) is 22.5. The van der Waals surface area contributed by atoms with E-state index in [2.05, 4.69) is 20.8 Å². The molecule has 1 fully saturated rings. The molecule has 2 atom stereocenters. The standard InChI is InChI=1S/C11H17N5O3/c17-10(6-16-7-12-14-15-16)13-9-5-3-1-2-4-8(9)11(18)19/h7-9H,1-6H2,(H,13,17)(H,18,19)/t8-,9+/m1/s1. The van der Waals surface area contributed by atoms with E-state index in [0.717, 1.165) is 19.3 Å². The number of hydrogen-bond acceptors (Lipinski definition) is 5. The molecule has 0 unspecified atom stereocenters. The lowest BCUT2D eigenvalue weighted by atomic mass is 9.95. The Morgan fingerprint density at radius 2 is 2.11 bits per heavy atom. The maximum atomic E-state index is 11.8. The van der Waals surface area contributed by atoms with Crippen LogP contribution in [-0.2, 0) is 16.1 Å². The molecule has 0 radical (unpaired) electrons. The molecule has 0 aliphatic heterocycles. The van der Waals surface area contributed by atoms with Gasteiger partial charge < -0.3 is 10.4 Å². The highest BCUT2D eigenvalue weighted by Gasteiger charge is 2.30. The van der Waals surface area contributed by atoms with Crippen LogP contribution in [0, 0.1) is 5.92 Å². The van der Waals surface area contributed by atoms with E-state index in [9.17, 15) is 14.7 Å². The van der Waals surface area contributed by atoms with Crippen LogP contribution in [0.25, 0.3) is 0 Å². The second-order valence-corrected chi connectivity index (χ2v) is 4.76. The number of hydrogen-bond donors (Lipinski definition) is 2. The highest BCUT2D eigenvalue weighted by atomic mass is 16.4. The Morgan fingerprint density at radius 3 is 2.79 bits per heavy atom. The van der Waals surface area contributed by atoms with Crippen LogP contribution in [0.4, 0.5) is 0 Å². The van der Waals surface area contributed by atoms with Gasteiger partial charge in [0, 0.05) is 6.04 Å². The number of rotatable bonds is 4. The first-order valence-corrected chi connectivity index (χ1v) is 6.40. The number of carboxylic acid groups (broad SMARTS) is 1. The number of aromatic nitrogens is 4. The van der Waals surface area contributed by atoms with E-state index in [0.29, 0.717) is 12.8 Å². The van der Waals surface area contributed by atoms with Crippen molar-refractivity contribution in [3.63, 3.8) is 0 Å². The third-order valence-electron chi connectivity index (χ3n) is 3.38. The number of amides is 1. The molecule has 19 heavy (non-hydrogen) atoms. The lowest BCUT2D eigenvalue weighted by Crippen LogP contribution is -2.44. The molecule has 1 saturated carbocycles. The van der Waals surface area contributed by atoms with Crippen molar-refractivity contribution in [1.29, 1.82) is 0 Å². The summed E-state index contributed by atoms with van der Waals surface area (Å²) in [5.41, 5.74) is 0. The molecule has 1 aliphatic carbocycles. The first-order valence-electron chi connectivity index (χ1n) is 6.40. The van der Waals surface area contributed by atoms with Crippen LogP contribution in [0.15, 0.2) is 6.33 Å². The van der Waals surface area contributed by atoms with Gasteiger partial charge in [-0.05, 0) is 23.3 Å². The number of carbonyl (C=O) groups is 2. The molecule has 1 aromatic rings. The van der Waals surface area contributed by atoms with Crippen molar-refractivity contribution < 1.29 is 14.7 Å². The summed E-state index contributed by atoms with van der Waals surface area (Å²) in [5.74, 6) is -1.60. The Labute approximate surface area is 110 Å². The highest BCUT2D eigenvalue weighted by molar-refractivity contribution is 5.77. The van der Waals surface area contributed by atoms with Crippen LogP contribution in [0.2, 0.25) is 0 Å². The smallest absolute Gasteiger partial charge is 0.308 e. The molecule has 1 heterocycles. The number of nitrogens with zero attached hydrogens (tertiary/aromatic N) is 4. The number of nitrogens with one attached hydrogen (secondary N) is 1. The number of tetrazole rings is 1. The molecule has 2 N–H and O–H groups in total. The first kappa shape index (κ1) is 13.4. The van der Waals surface area contributed by atoms with Gasteiger partial charge in [-0.3, -0.25) is 9.59 Å². The van der Waals surface area contributed by atoms with Crippen molar-refractivity contribution >= 4 is 11.9 Å². The molecule has 2 rings (SSSR count). The third-order valence-corrected chi connectivity index (χ3v) is 3.38. The van der Waals surface area contributed by atoms with Crippen molar-refractivity contribution in [2.45, 2.75) is 44.7 Å². The first-order chi connectivity index (χ1) is 9.16. The fourth-order valence-corrected chi connectivity index (χ4v) is 2.43. The topological polar surface area (TPSA) is 110 Å². The van der Waals surface area contributed by atoms with Crippen LogP contribution in [0.3, 0.4) is 0 Å². The fourth-order valence-electron chi connectivity index (χ4n) is 2.43. The summed E-state index contributed by atoms with van der Waals surface area (Å²) >= 11 is 0. The van der Waals surface area contributed by atoms with Gasteiger partial charge in [-0.15, -0.1) is 5.10 Å². The monoisotopic (exact) mass is 267 g/mol. The van der Waals surface area contributed by atoms with Gasteiger partial charge >= 0.3 is 5.97 Å². The van der Waals surface area contributed by atoms with Gasteiger partial charge in [-0.2, -0.15) is 0 Å². The van der Waals surface area contributed by atoms with Gasteiger partial charge in [0.1, 0.15) is 12.9 Å². The zero-order valence-electron chi connectivity index (χ0n) is 10.5. The Kier molecular flexibility index (Phi) is 4.43. The molecule has 104 valence electrons. The molecular weight excluding hydrogens is 250 g/mol. The summed E-state index contributed by atoms with van der Waals surface area (Å²) in [6.07, 6.45) is 5.53. The molecule has 0 spiro atoms. The van der Waals surface area contributed by atoms with Gasteiger partial charge in [0.05, 0.1) is 5.92 Å². The lowest BCUT2D eigenvalue weighted by Gasteiger charge is -2.22. The van der Waals surface area contributed by atoms with E-state index in [1.165, 1.54) is 11.0 Å². The molecule has 8 nitrogen and oxygen atoms in total. The second kappa shape index (κ2) is 6.26. The van der Waals surface area contributed by atoms with Crippen molar-refractivity contribution in [1.82, 2.24) is 25.5 Å². The Morgan fingerprint density at radius 1 is 1.32 bits per heavy atom. The number of carbonyl (C=O) groups excluding carboxylic acids is 1. The quantitative estimate of drug-likeness (QED) is 0.732. The van der Waals surface area contributed by atoms with E-state index in [1.54, 1.807) is 0 Å². The summed E-state index contributed by atoms with van der Waals surface area (Å²) in [6.45, 7) is 0.00976. The average Bonchev–Trinajstić information content (AvgIpc) is 2.73. The number of aliphatic carboxylic acids is 1. The van der Waals surface area contributed by atoms with Gasteiger partial charge in [-0.25, -0.2) is 4.68 Å². The average molecular weight is 267 g/mol. The minimum atomic E-state index is -0.838. The van der Waals surface area contributed by atoms with Crippen LogP contribution in [0.5, 0.6) is 0 Å². The van der Waals surface area contributed by atoms with E-state index in [1.807, 2.05) is 0 Å². The molecule has 0 saturated heterocycles. The maximum absolute atomic E-state index is 11.8. The fraction of sp³-hybridized carbons (Fsp3) is 0.727. The van der Waals surface area contributed by atoms with Crippen LogP contribution < -0.4 is 5.32 Å². The van der Waals surface area contributed by atoms with Crippen LogP contribution >= 0.6 is 0 Å². The molecule has 1 amide bonds. The van der Waals surface area contributed by atoms with Gasteiger partial charge in [0.15, 0.2) is 0 Å². The molecule has 0 bridgehead atoms. The number of carboxylic acids is 1. The third kappa shape index (κ3) is 3.73. The zero-order chi connectivity index (χ0) is 13.7. The predicted molar refractivity (Wildman–Crippen MR) is 64.0 cm³/mol. The Balaban J connectivity index is 1.94. The largest absolute Gasteiger partial charge is 0.481 e. The maximum Gasteiger partial charge on any atom is 0.308 e. The lowest BCUT2D eigenvalue weighted by molar-refractivity contribution is -0.143. The van der Waals surface area contributed by atoms with Crippen molar-refractivity contribution in [2.24, 2.45) is 5.92 Å². The van der Waals surface area contributed by atoms with Crippen LogP contribution in [0.1, 0.15) is 32.1 Å². The summed E-state index contributed by atoms with van der Waals surface area (Å²) in [6, 6.07) is -0.302. The normalized spacial score (nSPS) is 23.6. The minimum Gasteiger partial charge on any atom is -0.481 e. The van der Waals surface area contributed by atoms with E-state index >= 15 is 0 Å². The molecular formula is C11H17N5O3. The second-order valence-electron chi connectivity index (χ2n) is 4.76. The van der Waals surface area contributed by atoms with Crippen LogP contribution in [-0.4, -0.2) is 43.2 Å². The highest BCUT2D eigenvalue weighted by Crippen LogP contribution is 2.23. The predicted octanol–water partition coefficient (Wildman–Crippen LogP) is -0.177. The van der Waals surface area contributed by atoms with Gasteiger partial charge in [0.25, 0.3) is 0 Å². The summed E-state index contributed by atoms with van der Waals surface area (Å²) in [7, 11) is 0. The van der Waals surface area contributed by atoms with E-state index in [-0.39, 0.29) is 18.5 Å². The van der Waals surface area contributed by atoms with Crippen molar-refractivity contribution in [3.05, 3.63) is 6.33 Å². The van der Waals surface area contributed by atoms with Crippen molar-refractivity contribution in [3.8, 4) is 0 Å². The van der Waals surface area contributed by atoms with Gasteiger partial charge in [0.2, 0.25) is 5.91 Å². The molecule has 8 heteroatoms. The van der Waals surface area contributed by atoms with Gasteiger partial charge in [-0.1, -0.05) is 19.3 Å². The summed E-state index contributed by atoms with van der Waals surface area (Å²) in [4.78, 5) is 23.1. The molecule has 1 aromatic heterocycles. The molecule has 1 aliphatic rings. The van der Waals surface area contributed by atoms with Crippen molar-refractivity contribution in [2.75, 3.05) is 0 Å². The minimum absolute atomic E-state index is 0.00976. The summed E-state index contributed by atoms with van der Waals surface area (Å²) < 4.78 is 1.31. The van der Waals surface area contributed by atoms with E-state index in [4.69, 9.17) is 0 Å². The Hall–Kier alpha value is -1.99. The van der Waals surface area contributed by atoms with E-state index < -0.39 is 11.9 Å². The Bertz CT molecular complexity index is 434. The molecule has 0 aromatic carbocycles. The zero-order valence-corrected chi connectivity index (χ0v) is 10.5.